The molecule has 0 aromatic heterocycles. The molecule has 4 nitrogen and oxygen atoms in total. The molecule has 0 aliphatic heterocycles. The van der Waals surface area contributed by atoms with Crippen molar-refractivity contribution in [2.45, 2.75) is 0 Å². The van der Waals surface area contributed by atoms with Crippen LogP contribution < -0.4 is 15.5 Å². The van der Waals surface area contributed by atoms with E-state index in [4.69, 9.17) is 23.2 Å². The lowest BCUT2D eigenvalue weighted by atomic mass is 10.2. The van der Waals surface area contributed by atoms with Gasteiger partial charge in [-0.05, 0) is 42.5 Å². The normalized spacial score (nSPS) is 10.2. The van der Waals surface area contributed by atoms with E-state index in [1.54, 1.807) is 18.2 Å². The van der Waals surface area contributed by atoms with Gasteiger partial charge in [0.2, 0.25) is 5.91 Å². The molecule has 0 aliphatic carbocycles. The Kier molecular flexibility index (Phi) is 5.52. The van der Waals surface area contributed by atoms with Crippen molar-refractivity contribution in [2.24, 2.45) is 0 Å². The van der Waals surface area contributed by atoms with Gasteiger partial charge in [-0.25, -0.2) is 0 Å². The molecule has 1 amide bonds. The maximum absolute atomic E-state index is 11.9. The van der Waals surface area contributed by atoms with Crippen molar-refractivity contribution in [3.63, 3.8) is 0 Å². The third-order valence-corrected chi connectivity index (χ3v) is 3.60. The summed E-state index contributed by atoms with van der Waals surface area (Å²) in [6.07, 6.45) is 0. The summed E-state index contributed by atoms with van der Waals surface area (Å²) in [5, 5.41) is 6.76. The Hall–Kier alpha value is -1.91. The second-order valence-corrected chi connectivity index (χ2v) is 5.81. The summed E-state index contributed by atoms with van der Waals surface area (Å²) >= 11 is 11.9. The number of nitrogens with zero attached hydrogens (tertiary/aromatic N) is 1. The van der Waals surface area contributed by atoms with Crippen LogP contribution in [-0.2, 0) is 4.79 Å². The molecular weight excluding hydrogens is 321 g/mol. The third-order valence-electron chi connectivity index (χ3n) is 3.04. The number of nitrogens with one attached hydrogen (secondary N) is 2. The highest BCUT2D eigenvalue weighted by Gasteiger charge is 2.06. The topological polar surface area (TPSA) is 44.4 Å². The van der Waals surface area contributed by atoms with Crippen LogP contribution in [0.4, 0.5) is 17.1 Å². The monoisotopic (exact) mass is 337 g/mol. The summed E-state index contributed by atoms with van der Waals surface area (Å²) in [4.78, 5) is 14.0. The molecule has 2 N–H and O–H groups in total. The SMILES string of the molecule is CN(C)c1ccc(NCC(=O)Nc2cc(Cl)ccc2Cl)cc1. The van der Waals surface area contributed by atoms with Crippen molar-refractivity contribution in [1.29, 1.82) is 0 Å². The highest BCUT2D eigenvalue weighted by molar-refractivity contribution is 6.35. The molecule has 0 fully saturated rings. The molecule has 22 heavy (non-hydrogen) atoms. The predicted molar refractivity (Wildman–Crippen MR) is 94.4 cm³/mol. The zero-order chi connectivity index (χ0) is 16.1. The van der Waals surface area contributed by atoms with E-state index in [9.17, 15) is 4.79 Å². The number of hydrogen-bond acceptors (Lipinski definition) is 3. The first-order chi connectivity index (χ1) is 10.5. The molecule has 0 heterocycles. The molecule has 0 unspecified atom stereocenters. The van der Waals surface area contributed by atoms with Gasteiger partial charge in [0.25, 0.3) is 0 Å². The van der Waals surface area contributed by atoms with E-state index in [0.29, 0.717) is 15.7 Å². The predicted octanol–water partition coefficient (Wildman–Crippen LogP) is 4.11. The number of anilines is 3. The number of halogens is 2. The second-order valence-electron chi connectivity index (χ2n) is 4.97. The minimum Gasteiger partial charge on any atom is -0.378 e. The van der Waals surface area contributed by atoms with Gasteiger partial charge < -0.3 is 15.5 Å². The zero-order valence-corrected chi connectivity index (χ0v) is 13.9. The van der Waals surface area contributed by atoms with Gasteiger partial charge in [-0.1, -0.05) is 23.2 Å². The van der Waals surface area contributed by atoms with E-state index in [-0.39, 0.29) is 12.5 Å². The fourth-order valence-corrected chi connectivity index (χ4v) is 2.18. The molecular formula is C16H17Cl2N3O. The van der Waals surface area contributed by atoms with E-state index in [2.05, 4.69) is 10.6 Å². The van der Waals surface area contributed by atoms with Crippen molar-refractivity contribution < 1.29 is 4.79 Å². The highest BCUT2D eigenvalue weighted by atomic mass is 35.5. The lowest BCUT2D eigenvalue weighted by Gasteiger charge is -2.13. The second kappa shape index (κ2) is 7.38. The van der Waals surface area contributed by atoms with E-state index in [1.807, 2.05) is 43.3 Å². The van der Waals surface area contributed by atoms with Crippen LogP contribution in [0.1, 0.15) is 0 Å². The molecule has 0 bridgehead atoms. The maximum atomic E-state index is 11.9. The molecule has 0 radical (unpaired) electrons. The first-order valence-electron chi connectivity index (χ1n) is 6.72. The van der Waals surface area contributed by atoms with Crippen LogP contribution in [0.25, 0.3) is 0 Å². The highest BCUT2D eigenvalue weighted by Crippen LogP contribution is 2.25. The van der Waals surface area contributed by atoms with Gasteiger partial charge >= 0.3 is 0 Å². The first kappa shape index (κ1) is 16.5. The van der Waals surface area contributed by atoms with E-state index < -0.39 is 0 Å². The van der Waals surface area contributed by atoms with Crippen LogP contribution in [0.3, 0.4) is 0 Å². The number of carbonyl (C=O) groups is 1. The molecule has 2 aromatic rings. The average Bonchev–Trinajstić information content (AvgIpc) is 2.49. The van der Waals surface area contributed by atoms with Crippen molar-refractivity contribution in [1.82, 2.24) is 0 Å². The molecule has 0 saturated heterocycles. The molecule has 0 atom stereocenters. The Labute approximate surface area is 140 Å². The van der Waals surface area contributed by atoms with Gasteiger partial charge in [-0.2, -0.15) is 0 Å². The van der Waals surface area contributed by atoms with Crippen molar-refractivity contribution in [3.8, 4) is 0 Å². The number of benzene rings is 2. The largest absolute Gasteiger partial charge is 0.378 e. The van der Waals surface area contributed by atoms with Crippen LogP contribution in [0.2, 0.25) is 10.0 Å². The molecule has 116 valence electrons. The minimum absolute atomic E-state index is 0.143. The van der Waals surface area contributed by atoms with E-state index >= 15 is 0 Å². The van der Waals surface area contributed by atoms with Crippen LogP contribution in [-0.4, -0.2) is 26.5 Å². The smallest absolute Gasteiger partial charge is 0.243 e. The molecule has 2 rings (SSSR count). The van der Waals surface area contributed by atoms with Crippen LogP contribution in [0.15, 0.2) is 42.5 Å². The quantitative estimate of drug-likeness (QED) is 0.862. The number of hydrogen-bond donors (Lipinski definition) is 2. The Morgan fingerprint density at radius 1 is 1.09 bits per heavy atom. The summed E-state index contributed by atoms with van der Waals surface area (Å²) in [6.45, 7) is 0.143. The van der Waals surface area contributed by atoms with Crippen molar-refractivity contribution in [2.75, 3.05) is 36.2 Å². The Morgan fingerprint density at radius 2 is 1.77 bits per heavy atom. The molecule has 0 saturated carbocycles. The van der Waals surface area contributed by atoms with Crippen molar-refractivity contribution >= 4 is 46.2 Å². The molecule has 2 aromatic carbocycles. The Balaban J connectivity index is 1.91. The van der Waals surface area contributed by atoms with Gasteiger partial charge in [-0.15, -0.1) is 0 Å². The lowest BCUT2D eigenvalue weighted by molar-refractivity contribution is -0.114. The molecule has 6 heteroatoms. The van der Waals surface area contributed by atoms with Crippen molar-refractivity contribution in [3.05, 3.63) is 52.5 Å². The standard InChI is InChI=1S/C16H17Cl2N3O/c1-21(2)13-6-4-12(5-7-13)19-10-16(22)20-15-9-11(17)3-8-14(15)18/h3-9,19H,10H2,1-2H3,(H,20,22). The number of rotatable bonds is 5. The number of amides is 1. The van der Waals surface area contributed by atoms with Gasteiger partial charge in [0, 0.05) is 30.5 Å². The van der Waals surface area contributed by atoms with E-state index in [1.165, 1.54) is 0 Å². The maximum Gasteiger partial charge on any atom is 0.243 e. The average molecular weight is 338 g/mol. The van der Waals surface area contributed by atoms with E-state index in [0.717, 1.165) is 11.4 Å². The fraction of sp³-hybridized carbons (Fsp3) is 0.188. The minimum atomic E-state index is -0.194. The third kappa shape index (κ3) is 4.55. The zero-order valence-electron chi connectivity index (χ0n) is 12.4. The van der Waals surface area contributed by atoms with Gasteiger partial charge in [0.05, 0.1) is 17.3 Å². The Morgan fingerprint density at radius 3 is 2.41 bits per heavy atom. The molecule has 0 aliphatic rings. The van der Waals surface area contributed by atoms with Gasteiger partial charge in [0.1, 0.15) is 0 Å². The van der Waals surface area contributed by atoms with Crippen LogP contribution in [0, 0.1) is 0 Å². The summed E-state index contributed by atoms with van der Waals surface area (Å²) < 4.78 is 0. The lowest BCUT2D eigenvalue weighted by Crippen LogP contribution is -2.22. The van der Waals surface area contributed by atoms with Gasteiger partial charge in [0.15, 0.2) is 0 Å². The van der Waals surface area contributed by atoms with Gasteiger partial charge in [-0.3, -0.25) is 4.79 Å². The fourth-order valence-electron chi connectivity index (χ4n) is 1.85. The Bertz CT molecular complexity index is 657. The summed E-state index contributed by atoms with van der Waals surface area (Å²) in [7, 11) is 3.95. The van der Waals surface area contributed by atoms with Crippen LogP contribution in [0.5, 0.6) is 0 Å². The molecule has 0 spiro atoms. The summed E-state index contributed by atoms with van der Waals surface area (Å²) in [6, 6.07) is 12.7. The summed E-state index contributed by atoms with van der Waals surface area (Å²) in [5.41, 5.74) is 2.47. The summed E-state index contributed by atoms with van der Waals surface area (Å²) in [5.74, 6) is -0.194. The number of carbonyl (C=O) groups excluding carboxylic acids is 1. The van der Waals surface area contributed by atoms with Crippen LogP contribution >= 0.6 is 23.2 Å². The first-order valence-corrected chi connectivity index (χ1v) is 7.47.